The van der Waals surface area contributed by atoms with Crippen molar-refractivity contribution < 1.29 is 4.74 Å². The number of allylic oxidation sites excluding steroid dienone is 2. The topological polar surface area (TPSA) is 9.23 Å². The largest absolute Gasteiger partial charge is 0.492 e. The highest BCUT2D eigenvalue weighted by Gasteiger charge is 2.48. The SMILES string of the molecule is CC1=CC[C@H]2C(C)(C)CCC[C@@]2(C)O1. The molecule has 1 aliphatic carbocycles. The van der Waals surface area contributed by atoms with Crippen LogP contribution in [0.15, 0.2) is 11.8 Å². The predicted molar refractivity (Wildman–Crippen MR) is 59.0 cm³/mol. The Morgan fingerprint density at radius 1 is 1.29 bits per heavy atom. The fraction of sp³-hybridized carbons (Fsp3) is 0.846. The van der Waals surface area contributed by atoms with E-state index in [2.05, 4.69) is 33.8 Å². The molecule has 0 bridgehead atoms. The van der Waals surface area contributed by atoms with E-state index >= 15 is 0 Å². The van der Waals surface area contributed by atoms with E-state index in [0.29, 0.717) is 11.3 Å². The summed E-state index contributed by atoms with van der Waals surface area (Å²) in [7, 11) is 0. The standard InChI is InChI=1S/C13H22O/c1-10-6-7-11-12(2,3)8-5-9-13(11,4)14-10/h6,11H,5,7-9H2,1-4H3/t11-,13+/m0/s1. The molecule has 80 valence electrons. The summed E-state index contributed by atoms with van der Waals surface area (Å²) in [5.74, 6) is 1.83. The highest BCUT2D eigenvalue weighted by atomic mass is 16.5. The van der Waals surface area contributed by atoms with Crippen LogP contribution in [0.1, 0.15) is 53.4 Å². The summed E-state index contributed by atoms with van der Waals surface area (Å²) in [6.07, 6.45) is 7.36. The van der Waals surface area contributed by atoms with Crippen LogP contribution >= 0.6 is 0 Å². The molecule has 0 radical (unpaired) electrons. The second-order valence-corrected chi connectivity index (χ2v) is 5.86. The van der Waals surface area contributed by atoms with Gasteiger partial charge in [0.2, 0.25) is 0 Å². The second-order valence-electron chi connectivity index (χ2n) is 5.86. The molecule has 1 heterocycles. The van der Waals surface area contributed by atoms with Gasteiger partial charge in [0.1, 0.15) is 5.60 Å². The lowest BCUT2D eigenvalue weighted by Crippen LogP contribution is -2.49. The maximum Gasteiger partial charge on any atom is 0.109 e. The Kier molecular flexibility index (Phi) is 2.17. The van der Waals surface area contributed by atoms with Gasteiger partial charge in [0.05, 0.1) is 5.76 Å². The molecule has 0 aromatic heterocycles. The molecule has 2 atom stereocenters. The third-order valence-electron chi connectivity index (χ3n) is 4.21. The zero-order valence-corrected chi connectivity index (χ0v) is 9.89. The van der Waals surface area contributed by atoms with Gasteiger partial charge in [0.25, 0.3) is 0 Å². The molecular weight excluding hydrogens is 172 g/mol. The summed E-state index contributed by atoms with van der Waals surface area (Å²) < 4.78 is 6.07. The molecule has 1 fully saturated rings. The van der Waals surface area contributed by atoms with Gasteiger partial charge in [-0.25, -0.2) is 0 Å². The van der Waals surface area contributed by atoms with Crippen LogP contribution in [-0.2, 0) is 4.74 Å². The minimum Gasteiger partial charge on any atom is -0.492 e. The lowest BCUT2D eigenvalue weighted by Gasteiger charge is -2.52. The van der Waals surface area contributed by atoms with Crippen molar-refractivity contribution in [3.8, 4) is 0 Å². The molecule has 2 rings (SSSR count). The molecule has 0 unspecified atom stereocenters. The van der Waals surface area contributed by atoms with E-state index in [0.717, 1.165) is 5.76 Å². The molecule has 0 aromatic carbocycles. The van der Waals surface area contributed by atoms with Crippen LogP contribution in [-0.4, -0.2) is 5.60 Å². The normalized spacial score (nSPS) is 40.9. The van der Waals surface area contributed by atoms with Crippen LogP contribution in [0.2, 0.25) is 0 Å². The van der Waals surface area contributed by atoms with Gasteiger partial charge in [-0.05, 0) is 51.0 Å². The zero-order valence-electron chi connectivity index (χ0n) is 9.89. The molecule has 0 N–H and O–H groups in total. The summed E-state index contributed by atoms with van der Waals surface area (Å²) in [5.41, 5.74) is 0.560. The van der Waals surface area contributed by atoms with Crippen LogP contribution in [0.25, 0.3) is 0 Å². The van der Waals surface area contributed by atoms with Gasteiger partial charge in [-0.3, -0.25) is 0 Å². The first kappa shape index (κ1) is 10.1. The molecule has 2 aliphatic rings. The smallest absolute Gasteiger partial charge is 0.109 e. The quantitative estimate of drug-likeness (QED) is 0.568. The van der Waals surface area contributed by atoms with E-state index in [-0.39, 0.29) is 5.60 Å². The minimum absolute atomic E-state index is 0.112. The molecule has 0 spiro atoms. The van der Waals surface area contributed by atoms with Crippen LogP contribution in [0, 0.1) is 11.3 Å². The first-order valence-electron chi connectivity index (χ1n) is 5.80. The van der Waals surface area contributed by atoms with Gasteiger partial charge in [0, 0.05) is 5.92 Å². The summed E-state index contributed by atoms with van der Waals surface area (Å²) in [5, 5.41) is 0. The van der Waals surface area contributed by atoms with Crippen LogP contribution in [0.3, 0.4) is 0 Å². The Morgan fingerprint density at radius 2 is 2.00 bits per heavy atom. The molecule has 1 heteroatoms. The molecule has 1 saturated carbocycles. The summed E-state index contributed by atoms with van der Waals surface area (Å²) in [4.78, 5) is 0. The minimum atomic E-state index is 0.112. The van der Waals surface area contributed by atoms with E-state index in [1.807, 2.05) is 0 Å². The summed E-state index contributed by atoms with van der Waals surface area (Å²) in [6, 6.07) is 0. The van der Waals surface area contributed by atoms with Gasteiger partial charge in [-0.15, -0.1) is 0 Å². The number of hydrogen-bond donors (Lipinski definition) is 0. The number of ether oxygens (including phenoxy) is 1. The average molecular weight is 194 g/mol. The Morgan fingerprint density at radius 3 is 2.71 bits per heavy atom. The van der Waals surface area contributed by atoms with Crippen molar-refractivity contribution in [1.29, 1.82) is 0 Å². The van der Waals surface area contributed by atoms with Crippen molar-refractivity contribution >= 4 is 0 Å². The summed E-state index contributed by atoms with van der Waals surface area (Å²) >= 11 is 0. The van der Waals surface area contributed by atoms with Gasteiger partial charge in [-0.2, -0.15) is 0 Å². The lowest BCUT2D eigenvalue weighted by atomic mass is 9.60. The molecule has 0 amide bonds. The monoisotopic (exact) mass is 194 g/mol. The van der Waals surface area contributed by atoms with E-state index in [1.165, 1.54) is 25.7 Å². The highest BCUT2D eigenvalue weighted by Crippen LogP contribution is 2.52. The van der Waals surface area contributed by atoms with E-state index in [1.54, 1.807) is 0 Å². The molecule has 1 aliphatic heterocycles. The molecule has 1 nitrogen and oxygen atoms in total. The van der Waals surface area contributed by atoms with Crippen molar-refractivity contribution in [2.24, 2.45) is 11.3 Å². The Hall–Kier alpha value is -0.460. The van der Waals surface area contributed by atoms with Gasteiger partial charge in [0.15, 0.2) is 0 Å². The molecular formula is C13H22O. The van der Waals surface area contributed by atoms with Gasteiger partial charge < -0.3 is 4.74 Å². The third kappa shape index (κ3) is 1.47. The number of fused-ring (bicyclic) bond motifs is 1. The molecule has 0 saturated heterocycles. The van der Waals surface area contributed by atoms with Crippen molar-refractivity contribution in [2.45, 2.75) is 59.0 Å². The summed E-state index contributed by atoms with van der Waals surface area (Å²) in [6.45, 7) is 9.18. The highest BCUT2D eigenvalue weighted by molar-refractivity contribution is 5.08. The van der Waals surface area contributed by atoms with E-state index < -0.39 is 0 Å². The van der Waals surface area contributed by atoms with Crippen LogP contribution in [0.5, 0.6) is 0 Å². The number of hydrogen-bond acceptors (Lipinski definition) is 1. The first-order valence-corrected chi connectivity index (χ1v) is 5.80. The molecule has 0 aromatic rings. The predicted octanol–water partition coefficient (Wildman–Crippen LogP) is 3.90. The number of rotatable bonds is 0. The zero-order chi connectivity index (χ0) is 10.4. The Balaban J connectivity index is 2.30. The van der Waals surface area contributed by atoms with Gasteiger partial charge >= 0.3 is 0 Å². The van der Waals surface area contributed by atoms with Crippen molar-refractivity contribution in [3.63, 3.8) is 0 Å². The Labute approximate surface area is 87.5 Å². The van der Waals surface area contributed by atoms with Crippen LogP contribution < -0.4 is 0 Å². The fourth-order valence-corrected chi connectivity index (χ4v) is 3.45. The fourth-order valence-electron chi connectivity index (χ4n) is 3.45. The second kappa shape index (κ2) is 3.01. The van der Waals surface area contributed by atoms with Crippen molar-refractivity contribution in [2.75, 3.05) is 0 Å². The Bertz CT molecular complexity index is 264. The van der Waals surface area contributed by atoms with Gasteiger partial charge in [-0.1, -0.05) is 13.8 Å². The van der Waals surface area contributed by atoms with E-state index in [9.17, 15) is 0 Å². The maximum atomic E-state index is 6.07. The molecule has 14 heavy (non-hydrogen) atoms. The lowest BCUT2D eigenvalue weighted by molar-refractivity contribution is -0.117. The maximum absolute atomic E-state index is 6.07. The van der Waals surface area contributed by atoms with Crippen molar-refractivity contribution in [3.05, 3.63) is 11.8 Å². The van der Waals surface area contributed by atoms with Crippen LogP contribution in [0.4, 0.5) is 0 Å². The first-order chi connectivity index (χ1) is 6.44. The van der Waals surface area contributed by atoms with E-state index in [4.69, 9.17) is 4.74 Å². The third-order valence-corrected chi connectivity index (χ3v) is 4.21. The van der Waals surface area contributed by atoms with Crippen molar-refractivity contribution in [1.82, 2.24) is 0 Å². The average Bonchev–Trinajstić information content (AvgIpc) is 2.00.